The number of para-hydroxylation sites is 1. The fraction of sp³-hybridized carbons (Fsp3) is 0.350. The van der Waals surface area contributed by atoms with Gasteiger partial charge in [-0.05, 0) is 12.1 Å². The van der Waals surface area contributed by atoms with Crippen molar-refractivity contribution in [3.63, 3.8) is 0 Å². The smallest absolute Gasteiger partial charge is 0.475 e. The fourth-order valence-electron chi connectivity index (χ4n) is 2.77. The van der Waals surface area contributed by atoms with Gasteiger partial charge in [0.1, 0.15) is 18.2 Å². The summed E-state index contributed by atoms with van der Waals surface area (Å²) in [7, 11) is 1.66. The van der Waals surface area contributed by atoms with Crippen molar-refractivity contribution < 1.29 is 27.9 Å². The Bertz CT molecular complexity index is 1170. The molecule has 0 atom stereocenters. The molecule has 0 radical (unpaired) electrons. The van der Waals surface area contributed by atoms with Crippen LogP contribution in [0.4, 0.5) is 13.2 Å². The van der Waals surface area contributed by atoms with Crippen LogP contribution in [0.3, 0.4) is 0 Å². The SMILES string of the molecule is CC(C)c1nccn1CC(=O)NCc1nc2ccccc2c(=O)n1C.O=C(O)C(F)(F)F. The predicted octanol–water partition coefficient (Wildman–Crippen LogP) is 2.20. The highest BCUT2D eigenvalue weighted by molar-refractivity contribution is 5.78. The average Bonchev–Trinajstić information content (AvgIpc) is 3.18. The van der Waals surface area contributed by atoms with E-state index < -0.39 is 12.1 Å². The number of amides is 1. The minimum Gasteiger partial charge on any atom is -0.475 e. The number of hydrogen-bond donors (Lipinski definition) is 2. The maximum atomic E-state index is 12.4. The number of nitrogens with one attached hydrogen (secondary N) is 1. The monoisotopic (exact) mass is 453 g/mol. The van der Waals surface area contributed by atoms with Crippen LogP contribution in [0.25, 0.3) is 10.9 Å². The van der Waals surface area contributed by atoms with Gasteiger partial charge in [-0.15, -0.1) is 0 Å². The molecule has 0 saturated heterocycles. The second-order valence-electron chi connectivity index (χ2n) is 7.06. The highest BCUT2D eigenvalue weighted by Crippen LogP contribution is 2.13. The highest BCUT2D eigenvalue weighted by Gasteiger charge is 2.38. The Labute approximate surface area is 180 Å². The zero-order valence-corrected chi connectivity index (χ0v) is 17.6. The zero-order chi connectivity index (χ0) is 24.1. The molecule has 2 aromatic heterocycles. The molecule has 9 nitrogen and oxygen atoms in total. The molecule has 32 heavy (non-hydrogen) atoms. The van der Waals surface area contributed by atoms with E-state index in [-0.39, 0.29) is 30.5 Å². The molecule has 0 unspecified atom stereocenters. The van der Waals surface area contributed by atoms with E-state index >= 15 is 0 Å². The van der Waals surface area contributed by atoms with E-state index in [9.17, 15) is 22.8 Å². The predicted molar refractivity (Wildman–Crippen MR) is 109 cm³/mol. The third-order valence-electron chi connectivity index (χ3n) is 4.34. The normalized spacial score (nSPS) is 11.2. The molecular formula is C20H22F3N5O4. The second-order valence-corrected chi connectivity index (χ2v) is 7.06. The molecule has 1 amide bonds. The van der Waals surface area contributed by atoms with Crippen molar-refractivity contribution in [1.29, 1.82) is 0 Å². The van der Waals surface area contributed by atoms with Gasteiger partial charge in [-0.25, -0.2) is 14.8 Å². The van der Waals surface area contributed by atoms with Crippen LogP contribution in [-0.2, 0) is 29.7 Å². The summed E-state index contributed by atoms with van der Waals surface area (Å²) in [5.74, 6) is -1.28. The summed E-state index contributed by atoms with van der Waals surface area (Å²) < 4.78 is 35.0. The van der Waals surface area contributed by atoms with Crippen molar-refractivity contribution in [3.8, 4) is 0 Å². The largest absolute Gasteiger partial charge is 0.490 e. The first-order valence-electron chi connectivity index (χ1n) is 9.44. The van der Waals surface area contributed by atoms with Gasteiger partial charge in [-0.1, -0.05) is 26.0 Å². The number of alkyl halides is 3. The van der Waals surface area contributed by atoms with E-state index in [0.29, 0.717) is 16.7 Å². The van der Waals surface area contributed by atoms with Gasteiger partial charge in [0, 0.05) is 25.4 Å². The lowest BCUT2D eigenvalue weighted by Gasteiger charge is -2.12. The van der Waals surface area contributed by atoms with Crippen molar-refractivity contribution >= 4 is 22.8 Å². The summed E-state index contributed by atoms with van der Waals surface area (Å²) in [5.41, 5.74) is 0.512. The Morgan fingerprint density at radius 1 is 1.22 bits per heavy atom. The molecule has 3 aromatic rings. The summed E-state index contributed by atoms with van der Waals surface area (Å²) in [6.07, 6.45) is -1.60. The first kappa shape index (κ1) is 24.6. The van der Waals surface area contributed by atoms with Crippen molar-refractivity contribution in [1.82, 2.24) is 24.4 Å². The Balaban J connectivity index is 0.000000451. The molecule has 1 aromatic carbocycles. The van der Waals surface area contributed by atoms with Crippen LogP contribution >= 0.6 is 0 Å². The lowest BCUT2D eigenvalue weighted by Crippen LogP contribution is -2.31. The number of benzene rings is 1. The van der Waals surface area contributed by atoms with Crippen LogP contribution in [0.15, 0.2) is 41.5 Å². The minimum atomic E-state index is -5.08. The Morgan fingerprint density at radius 3 is 2.44 bits per heavy atom. The number of hydrogen-bond acceptors (Lipinski definition) is 5. The van der Waals surface area contributed by atoms with E-state index in [0.717, 1.165) is 5.82 Å². The molecule has 12 heteroatoms. The summed E-state index contributed by atoms with van der Waals surface area (Å²) in [6.45, 7) is 4.45. The Morgan fingerprint density at radius 2 is 1.84 bits per heavy atom. The van der Waals surface area contributed by atoms with Gasteiger partial charge < -0.3 is 15.0 Å². The number of fused-ring (bicyclic) bond motifs is 1. The summed E-state index contributed by atoms with van der Waals surface area (Å²) in [5, 5.41) is 10.5. The Hall–Kier alpha value is -3.70. The van der Waals surface area contributed by atoms with Crippen LogP contribution in [0.5, 0.6) is 0 Å². The third-order valence-corrected chi connectivity index (χ3v) is 4.34. The maximum Gasteiger partial charge on any atom is 0.490 e. The average molecular weight is 453 g/mol. The molecule has 0 aliphatic heterocycles. The van der Waals surface area contributed by atoms with E-state index in [2.05, 4.69) is 15.3 Å². The summed E-state index contributed by atoms with van der Waals surface area (Å²) in [4.78, 5) is 42.3. The number of rotatable bonds is 5. The number of nitrogens with zero attached hydrogens (tertiary/aromatic N) is 4. The maximum absolute atomic E-state index is 12.4. The minimum absolute atomic E-state index is 0.119. The number of carboxylic acids is 1. The molecule has 0 spiro atoms. The molecule has 2 N–H and O–H groups in total. The number of halogens is 3. The second kappa shape index (κ2) is 10.1. The first-order chi connectivity index (χ1) is 14.9. The van der Waals surface area contributed by atoms with Gasteiger partial charge in [0.2, 0.25) is 5.91 Å². The topological polar surface area (TPSA) is 119 Å². The van der Waals surface area contributed by atoms with E-state index in [1.807, 2.05) is 30.5 Å². The quantitative estimate of drug-likeness (QED) is 0.611. The molecule has 0 aliphatic rings. The Kier molecular flexibility index (Phi) is 7.73. The number of carbonyl (C=O) groups is 2. The van der Waals surface area contributed by atoms with E-state index in [1.54, 1.807) is 31.6 Å². The van der Waals surface area contributed by atoms with Gasteiger partial charge in [0.15, 0.2) is 0 Å². The van der Waals surface area contributed by atoms with Crippen molar-refractivity contribution in [2.24, 2.45) is 7.05 Å². The molecule has 172 valence electrons. The number of carboxylic acid groups (broad SMARTS) is 1. The van der Waals surface area contributed by atoms with Gasteiger partial charge in [0.25, 0.3) is 5.56 Å². The third kappa shape index (κ3) is 6.15. The highest BCUT2D eigenvalue weighted by atomic mass is 19.4. The van der Waals surface area contributed by atoms with E-state index in [4.69, 9.17) is 9.90 Å². The number of imidazole rings is 1. The van der Waals surface area contributed by atoms with Crippen molar-refractivity contribution in [3.05, 3.63) is 58.7 Å². The lowest BCUT2D eigenvalue weighted by atomic mass is 10.2. The van der Waals surface area contributed by atoms with E-state index in [1.165, 1.54) is 4.57 Å². The zero-order valence-electron chi connectivity index (χ0n) is 17.6. The summed E-state index contributed by atoms with van der Waals surface area (Å²) in [6, 6.07) is 7.19. The van der Waals surface area contributed by atoms with Gasteiger partial charge >= 0.3 is 12.1 Å². The van der Waals surface area contributed by atoms with Gasteiger partial charge in [0.05, 0.1) is 17.4 Å². The van der Waals surface area contributed by atoms with Crippen LogP contribution in [-0.4, -0.2) is 42.3 Å². The number of carbonyl (C=O) groups excluding carboxylic acids is 1. The first-order valence-corrected chi connectivity index (χ1v) is 9.44. The van der Waals surface area contributed by atoms with Crippen LogP contribution < -0.4 is 10.9 Å². The molecule has 0 bridgehead atoms. The van der Waals surface area contributed by atoms with Crippen molar-refractivity contribution in [2.75, 3.05) is 0 Å². The lowest BCUT2D eigenvalue weighted by molar-refractivity contribution is -0.192. The van der Waals surface area contributed by atoms with Crippen LogP contribution in [0.1, 0.15) is 31.4 Å². The molecule has 2 heterocycles. The van der Waals surface area contributed by atoms with Gasteiger partial charge in [-0.3, -0.25) is 14.2 Å². The number of aliphatic carboxylic acids is 1. The fourth-order valence-corrected chi connectivity index (χ4v) is 2.77. The van der Waals surface area contributed by atoms with Gasteiger partial charge in [-0.2, -0.15) is 13.2 Å². The molecule has 3 rings (SSSR count). The standard InChI is InChI=1S/C18H21N5O2.C2HF3O2/c1-12(2)17-19-8-9-23(17)11-16(24)20-10-15-21-14-7-5-4-6-13(14)18(25)22(15)3;3-2(4,5)1(6)7/h4-9,12H,10-11H2,1-3H3,(H,20,24);(H,6,7). The number of aromatic nitrogens is 4. The van der Waals surface area contributed by atoms with Crippen LogP contribution in [0.2, 0.25) is 0 Å². The molecule has 0 saturated carbocycles. The van der Waals surface area contributed by atoms with Crippen molar-refractivity contribution in [2.45, 2.75) is 39.0 Å². The molecule has 0 aliphatic carbocycles. The summed E-state index contributed by atoms with van der Waals surface area (Å²) >= 11 is 0. The molecule has 0 fully saturated rings. The molecular weight excluding hydrogens is 431 g/mol. The van der Waals surface area contributed by atoms with Crippen LogP contribution in [0, 0.1) is 0 Å².